The quantitative estimate of drug-likeness (QED) is 0.463. The first kappa shape index (κ1) is 24.5. The summed E-state index contributed by atoms with van der Waals surface area (Å²) in [6, 6.07) is 13.0. The standard InChI is InChI=1S/C25H28N4O5S/c1-25(2,3)34-24(31)29-14-12-28(13-15-29)23-27-20(21(35-23)22(30)32-4)19-11-10-18(16-26-19)33-17-8-6-5-7-9-17/h5-11,16H,12-15H2,1-4H3. The highest BCUT2D eigenvalue weighted by Crippen LogP contribution is 2.34. The fourth-order valence-corrected chi connectivity index (χ4v) is 4.51. The number of piperazine rings is 1. The average molecular weight is 497 g/mol. The molecule has 1 saturated heterocycles. The number of rotatable bonds is 5. The second kappa shape index (κ2) is 10.3. The number of methoxy groups -OCH3 is 1. The second-order valence-electron chi connectivity index (χ2n) is 8.91. The van der Waals surface area contributed by atoms with Crippen LogP contribution in [0.4, 0.5) is 9.93 Å². The van der Waals surface area contributed by atoms with Crippen LogP contribution in [0.1, 0.15) is 30.4 Å². The lowest BCUT2D eigenvalue weighted by molar-refractivity contribution is 0.0240. The molecule has 3 heterocycles. The molecular formula is C25H28N4O5S. The number of benzene rings is 1. The molecule has 1 fully saturated rings. The van der Waals surface area contributed by atoms with Crippen LogP contribution in [-0.4, -0.2) is 65.8 Å². The Morgan fingerprint density at radius 2 is 1.69 bits per heavy atom. The zero-order valence-electron chi connectivity index (χ0n) is 20.2. The molecular weight excluding hydrogens is 468 g/mol. The number of carbonyl (C=O) groups is 2. The van der Waals surface area contributed by atoms with Crippen molar-refractivity contribution in [2.45, 2.75) is 26.4 Å². The molecule has 0 unspecified atom stereocenters. The molecule has 0 bridgehead atoms. The van der Waals surface area contributed by atoms with Gasteiger partial charge in [0.05, 0.1) is 19.0 Å². The summed E-state index contributed by atoms with van der Waals surface area (Å²) in [7, 11) is 1.34. The zero-order chi connectivity index (χ0) is 25.0. The van der Waals surface area contributed by atoms with Gasteiger partial charge >= 0.3 is 12.1 Å². The molecule has 4 rings (SSSR count). The molecule has 0 N–H and O–H groups in total. The Labute approximate surface area is 208 Å². The van der Waals surface area contributed by atoms with Crippen LogP contribution in [0.2, 0.25) is 0 Å². The first-order valence-corrected chi connectivity index (χ1v) is 12.1. The SMILES string of the molecule is COC(=O)c1sc(N2CCN(C(=O)OC(C)(C)C)CC2)nc1-c1ccc(Oc2ccccc2)cn1. The predicted molar refractivity (Wildman–Crippen MR) is 133 cm³/mol. The number of anilines is 1. The van der Waals surface area contributed by atoms with Crippen LogP contribution in [0.3, 0.4) is 0 Å². The van der Waals surface area contributed by atoms with Gasteiger partial charge in [0.2, 0.25) is 0 Å². The van der Waals surface area contributed by atoms with Gasteiger partial charge in [0.25, 0.3) is 0 Å². The molecule has 1 amide bonds. The number of hydrogen-bond acceptors (Lipinski definition) is 9. The highest BCUT2D eigenvalue weighted by Gasteiger charge is 2.29. The molecule has 1 aliphatic rings. The van der Waals surface area contributed by atoms with E-state index < -0.39 is 11.6 Å². The molecule has 1 aliphatic heterocycles. The number of thiazole rings is 1. The van der Waals surface area contributed by atoms with E-state index in [9.17, 15) is 9.59 Å². The van der Waals surface area contributed by atoms with Crippen LogP contribution < -0.4 is 9.64 Å². The van der Waals surface area contributed by atoms with Crippen LogP contribution in [0.15, 0.2) is 48.7 Å². The van der Waals surface area contributed by atoms with Crippen molar-refractivity contribution in [1.82, 2.24) is 14.9 Å². The smallest absolute Gasteiger partial charge is 0.410 e. The highest BCUT2D eigenvalue weighted by atomic mass is 32.1. The number of ether oxygens (including phenoxy) is 3. The number of amides is 1. The minimum absolute atomic E-state index is 0.325. The van der Waals surface area contributed by atoms with E-state index in [0.29, 0.717) is 59.1 Å². The van der Waals surface area contributed by atoms with E-state index in [4.69, 9.17) is 19.2 Å². The number of pyridine rings is 1. The Balaban J connectivity index is 1.50. The van der Waals surface area contributed by atoms with E-state index in [-0.39, 0.29) is 6.09 Å². The third-order valence-electron chi connectivity index (χ3n) is 5.15. The molecule has 0 aliphatic carbocycles. The van der Waals surface area contributed by atoms with E-state index in [1.165, 1.54) is 18.4 Å². The third-order valence-corrected chi connectivity index (χ3v) is 6.24. The van der Waals surface area contributed by atoms with Gasteiger partial charge < -0.3 is 24.0 Å². The summed E-state index contributed by atoms with van der Waals surface area (Å²) in [5.41, 5.74) is 0.459. The van der Waals surface area contributed by atoms with Crippen molar-refractivity contribution < 1.29 is 23.8 Å². The van der Waals surface area contributed by atoms with Crippen molar-refractivity contribution in [1.29, 1.82) is 0 Å². The van der Waals surface area contributed by atoms with Crippen LogP contribution >= 0.6 is 11.3 Å². The molecule has 35 heavy (non-hydrogen) atoms. The third kappa shape index (κ3) is 6.07. The molecule has 0 spiro atoms. The van der Waals surface area contributed by atoms with Gasteiger partial charge in [0.1, 0.15) is 27.7 Å². The van der Waals surface area contributed by atoms with Gasteiger partial charge in [-0.25, -0.2) is 14.6 Å². The largest absolute Gasteiger partial charge is 0.465 e. The van der Waals surface area contributed by atoms with Crippen molar-refractivity contribution in [3.8, 4) is 22.9 Å². The van der Waals surface area contributed by atoms with Gasteiger partial charge in [-0.2, -0.15) is 0 Å². The minimum Gasteiger partial charge on any atom is -0.465 e. The highest BCUT2D eigenvalue weighted by molar-refractivity contribution is 7.17. The molecule has 9 nitrogen and oxygen atoms in total. The van der Waals surface area contributed by atoms with Crippen LogP contribution in [-0.2, 0) is 9.47 Å². The maximum absolute atomic E-state index is 12.5. The lowest BCUT2D eigenvalue weighted by Crippen LogP contribution is -2.50. The van der Waals surface area contributed by atoms with Crippen molar-refractivity contribution in [2.24, 2.45) is 0 Å². The minimum atomic E-state index is -0.539. The molecule has 10 heteroatoms. The Hall–Kier alpha value is -3.66. The van der Waals surface area contributed by atoms with Crippen molar-refractivity contribution in [3.63, 3.8) is 0 Å². The average Bonchev–Trinajstić information content (AvgIpc) is 3.29. The second-order valence-corrected chi connectivity index (χ2v) is 9.89. The number of carbonyl (C=O) groups excluding carboxylic acids is 2. The summed E-state index contributed by atoms with van der Waals surface area (Å²) in [5, 5.41) is 0.677. The summed E-state index contributed by atoms with van der Waals surface area (Å²) in [6.45, 7) is 7.69. The maximum Gasteiger partial charge on any atom is 0.410 e. The summed E-state index contributed by atoms with van der Waals surface area (Å²) < 4.78 is 16.3. The fraction of sp³-hybridized carbons (Fsp3) is 0.360. The van der Waals surface area contributed by atoms with E-state index >= 15 is 0 Å². The zero-order valence-corrected chi connectivity index (χ0v) is 21.0. The van der Waals surface area contributed by atoms with Crippen LogP contribution in [0.25, 0.3) is 11.4 Å². The predicted octanol–water partition coefficient (Wildman–Crippen LogP) is 4.84. The normalized spacial score (nSPS) is 13.9. The van der Waals surface area contributed by atoms with Crippen molar-refractivity contribution >= 4 is 28.5 Å². The Kier molecular flexibility index (Phi) is 7.20. The van der Waals surface area contributed by atoms with Crippen molar-refractivity contribution in [2.75, 3.05) is 38.2 Å². The number of hydrogen-bond donors (Lipinski definition) is 0. The molecule has 3 aromatic rings. The molecule has 0 atom stereocenters. The van der Waals surface area contributed by atoms with Crippen molar-refractivity contribution in [3.05, 3.63) is 53.5 Å². The summed E-state index contributed by atoms with van der Waals surface area (Å²) in [5.74, 6) is 0.814. The van der Waals surface area contributed by atoms with Gasteiger partial charge in [-0.1, -0.05) is 29.5 Å². The maximum atomic E-state index is 12.5. The van der Waals surface area contributed by atoms with E-state index in [1.807, 2.05) is 56.0 Å². The number of nitrogens with zero attached hydrogens (tertiary/aromatic N) is 4. The van der Waals surface area contributed by atoms with E-state index in [1.54, 1.807) is 23.2 Å². The summed E-state index contributed by atoms with van der Waals surface area (Å²) in [6.07, 6.45) is 1.27. The van der Waals surface area contributed by atoms with Crippen LogP contribution in [0, 0.1) is 0 Å². The monoisotopic (exact) mass is 496 g/mol. The topological polar surface area (TPSA) is 94.1 Å². The molecule has 184 valence electrons. The number of esters is 1. The lowest BCUT2D eigenvalue weighted by atomic mass is 10.2. The number of aromatic nitrogens is 2. The van der Waals surface area contributed by atoms with Gasteiger partial charge in [0, 0.05) is 26.2 Å². The van der Waals surface area contributed by atoms with Gasteiger partial charge in [-0.05, 0) is 45.0 Å². The molecule has 0 saturated carbocycles. The van der Waals surface area contributed by atoms with Gasteiger partial charge in [0.15, 0.2) is 5.13 Å². The molecule has 1 aromatic carbocycles. The Bertz CT molecular complexity index is 1170. The number of para-hydroxylation sites is 1. The summed E-state index contributed by atoms with van der Waals surface area (Å²) >= 11 is 1.25. The first-order chi connectivity index (χ1) is 16.7. The molecule has 0 radical (unpaired) electrons. The first-order valence-electron chi connectivity index (χ1n) is 11.2. The van der Waals surface area contributed by atoms with Gasteiger partial charge in [-0.3, -0.25) is 4.98 Å². The molecule has 2 aromatic heterocycles. The Morgan fingerprint density at radius 1 is 0.971 bits per heavy atom. The summed E-state index contributed by atoms with van der Waals surface area (Å²) in [4.78, 5) is 38.2. The fourth-order valence-electron chi connectivity index (χ4n) is 3.46. The van der Waals surface area contributed by atoms with E-state index in [0.717, 1.165) is 0 Å². The van der Waals surface area contributed by atoms with Crippen LogP contribution in [0.5, 0.6) is 11.5 Å². The van der Waals surface area contributed by atoms with Gasteiger partial charge in [-0.15, -0.1) is 0 Å². The van der Waals surface area contributed by atoms with E-state index in [2.05, 4.69) is 4.98 Å². The lowest BCUT2D eigenvalue weighted by Gasteiger charge is -2.35. The Morgan fingerprint density at radius 3 is 2.29 bits per heavy atom.